The van der Waals surface area contributed by atoms with Crippen LogP contribution in [0.25, 0.3) is 77.7 Å². The standard InChI is InChI=1S/C50H56N10O2/c1-6-8-10-12-14-16-24-61-34-20-22-36-40(29-34)46-53-42(36)51-44-38-27-31-18-19-33(50(3,4)5)26-32(31)28-39(38)45(55-44)52-43-37-23-21-35(62-25-17-15-13-11-9-7-2)30-41(37)47(54-43)57-49-58-48(56-46)59-60-49/h18-23,26-30H,6-17,24-25H2,1-5H3,(H2,51,52,53,54,55,56,57,58,59,60). The Balaban J connectivity index is 1.20. The maximum absolute atomic E-state index is 6.27. The molecule has 0 fully saturated rings. The average molecular weight is 829 g/mol. The zero-order chi connectivity index (χ0) is 42.6. The van der Waals surface area contributed by atoms with Crippen molar-refractivity contribution in [1.82, 2.24) is 39.9 Å². The first-order chi connectivity index (χ1) is 30.2. The van der Waals surface area contributed by atoms with Gasteiger partial charge >= 0.3 is 0 Å². The maximum atomic E-state index is 6.27. The summed E-state index contributed by atoms with van der Waals surface area (Å²) in [6.45, 7) is 12.5. The van der Waals surface area contributed by atoms with Crippen LogP contribution in [-0.4, -0.2) is 53.1 Å². The Kier molecular flexibility index (Phi) is 11.9. The topological polar surface area (TPSA) is 152 Å². The quantitative estimate of drug-likeness (QED) is 0.0913. The minimum absolute atomic E-state index is 0.0107. The summed E-state index contributed by atoms with van der Waals surface area (Å²) in [6, 6.07) is 23.1. The zero-order valence-corrected chi connectivity index (χ0v) is 36.6. The number of rotatable bonds is 16. The molecule has 2 N–H and O–H groups in total. The van der Waals surface area contributed by atoms with E-state index in [2.05, 4.69) is 90.1 Å². The van der Waals surface area contributed by atoms with Gasteiger partial charge in [-0.2, -0.15) is 15.0 Å². The normalized spacial score (nSPS) is 12.5. The summed E-state index contributed by atoms with van der Waals surface area (Å²) in [5.74, 6) is 2.97. The van der Waals surface area contributed by atoms with Crippen LogP contribution in [0.2, 0.25) is 0 Å². The van der Waals surface area contributed by atoms with Gasteiger partial charge in [0, 0.05) is 32.7 Å². The minimum Gasteiger partial charge on any atom is -0.494 e. The summed E-state index contributed by atoms with van der Waals surface area (Å²) < 4.78 is 12.5. The van der Waals surface area contributed by atoms with E-state index in [9.17, 15) is 0 Å². The van der Waals surface area contributed by atoms with Crippen molar-refractivity contribution in [3.05, 3.63) is 72.3 Å². The van der Waals surface area contributed by atoms with E-state index in [1.54, 1.807) is 0 Å². The lowest BCUT2D eigenvalue weighted by molar-refractivity contribution is 0.304. The van der Waals surface area contributed by atoms with E-state index in [1.807, 2.05) is 36.4 Å². The highest BCUT2D eigenvalue weighted by Crippen LogP contribution is 2.39. The van der Waals surface area contributed by atoms with Gasteiger partial charge in [0.25, 0.3) is 11.9 Å². The third-order valence-corrected chi connectivity index (χ3v) is 11.8. The van der Waals surface area contributed by atoms with Gasteiger partial charge < -0.3 is 19.4 Å². The van der Waals surface area contributed by atoms with Crippen LogP contribution in [0.4, 0.5) is 11.9 Å². The lowest BCUT2D eigenvalue weighted by Crippen LogP contribution is -2.10. The fourth-order valence-electron chi connectivity index (χ4n) is 8.28. The molecule has 0 spiro atoms. The predicted octanol–water partition coefficient (Wildman–Crippen LogP) is 13.9. The molecular formula is C50H56N10O2. The molecule has 0 amide bonds. The highest BCUT2D eigenvalue weighted by atomic mass is 16.5. The number of azo groups is 1. The molecule has 9 rings (SSSR count). The summed E-state index contributed by atoms with van der Waals surface area (Å²) in [7, 11) is 0. The number of nitrogens with one attached hydrogen (secondary N) is 2. The molecule has 3 aromatic heterocycles. The van der Waals surface area contributed by atoms with Crippen molar-refractivity contribution in [2.24, 2.45) is 10.2 Å². The van der Waals surface area contributed by atoms with Crippen LogP contribution in [0.5, 0.6) is 11.5 Å². The van der Waals surface area contributed by atoms with E-state index in [0.717, 1.165) is 80.6 Å². The van der Waals surface area contributed by atoms with Gasteiger partial charge in [-0.3, -0.25) is 0 Å². The Morgan fingerprint density at radius 2 is 0.935 bits per heavy atom. The summed E-state index contributed by atoms with van der Waals surface area (Å²) in [5, 5.41) is 14.2. The predicted molar refractivity (Wildman–Crippen MR) is 250 cm³/mol. The first kappa shape index (κ1) is 41.1. The number of fused-ring (bicyclic) bond motifs is 18. The summed E-state index contributed by atoms with van der Waals surface area (Å²) >= 11 is 0. The van der Waals surface area contributed by atoms with Crippen LogP contribution in [0, 0.1) is 0 Å². The van der Waals surface area contributed by atoms with Crippen LogP contribution >= 0.6 is 0 Å². The SMILES string of the molecule is CCCCCCCCOc1ccc2c3nc4nc(nc5[nH]c(nc6nc(nc([nH]3)c2c1)N=N6)c1cc(OCCCCCCCC)ccc51)-c1cc2cc(C(C)(C)C)ccc2cc1-4. The molecule has 8 bridgehead atoms. The lowest BCUT2D eigenvalue weighted by Gasteiger charge is -2.19. The fraction of sp³-hybridized carbons (Fsp3) is 0.400. The van der Waals surface area contributed by atoms with Gasteiger partial charge in [0.05, 0.1) is 13.2 Å². The van der Waals surface area contributed by atoms with E-state index in [0.29, 0.717) is 47.5 Å². The van der Waals surface area contributed by atoms with Crippen molar-refractivity contribution >= 4 is 66.8 Å². The molecular weight excluding hydrogens is 773 g/mol. The first-order valence-corrected chi connectivity index (χ1v) is 22.6. The molecule has 0 saturated heterocycles. The number of aromatic nitrogens is 8. The summed E-state index contributed by atoms with van der Waals surface area (Å²) in [4.78, 5) is 37.0. The zero-order valence-electron chi connectivity index (χ0n) is 36.6. The molecule has 2 aliphatic rings. The smallest absolute Gasteiger partial charge is 0.274 e. The molecule has 318 valence electrons. The van der Waals surface area contributed by atoms with E-state index in [-0.39, 0.29) is 17.3 Å². The molecule has 0 unspecified atom stereocenters. The molecule has 0 radical (unpaired) electrons. The van der Waals surface area contributed by atoms with Gasteiger partial charge in [-0.25, -0.2) is 15.0 Å². The van der Waals surface area contributed by atoms with Crippen LogP contribution in [0.3, 0.4) is 0 Å². The second-order valence-electron chi connectivity index (χ2n) is 17.6. The number of hydrogen-bond donors (Lipinski definition) is 2. The molecule has 62 heavy (non-hydrogen) atoms. The number of aromatic amines is 2. The van der Waals surface area contributed by atoms with Crippen molar-refractivity contribution in [2.75, 3.05) is 13.2 Å². The van der Waals surface area contributed by atoms with Crippen molar-refractivity contribution < 1.29 is 9.47 Å². The fourth-order valence-corrected chi connectivity index (χ4v) is 8.28. The molecule has 0 aliphatic carbocycles. The Bertz CT molecular complexity index is 2960. The number of nitrogens with zero attached hydrogens (tertiary/aromatic N) is 8. The number of H-pyrrole nitrogens is 2. The number of hydrogen-bond acceptors (Lipinski definition) is 10. The van der Waals surface area contributed by atoms with Crippen LogP contribution in [-0.2, 0) is 5.41 Å². The number of unbranched alkanes of at least 4 members (excludes halogenated alkanes) is 10. The molecule has 12 heteroatoms. The lowest BCUT2D eigenvalue weighted by atomic mass is 9.85. The molecule has 7 aromatic rings. The van der Waals surface area contributed by atoms with E-state index in [1.165, 1.54) is 56.9 Å². The molecule has 2 aliphatic heterocycles. The Morgan fingerprint density at radius 3 is 1.45 bits per heavy atom. The largest absolute Gasteiger partial charge is 0.494 e. The second kappa shape index (κ2) is 18.0. The van der Waals surface area contributed by atoms with E-state index < -0.39 is 0 Å². The number of benzene rings is 4. The highest BCUT2D eigenvalue weighted by Gasteiger charge is 2.23. The van der Waals surface area contributed by atoms with Gasteiger partial charge in [-0.15, -0.1) is 10.2 Å². The van der Waals surface area contributed by atoms with Crippen molar-refractivity contribution in [3.63, 3.8) is 0 Å². The number of ether oxygens (including phenoxy) is 2. The van der Waals surface area contributed by atoms with Gasteiger partial charge in [-0.1, -0.05) is 117 Å². The first-order valence-electron chi connectivity index (χ1n) is 22.6. The van der Waals surface area contributed by atoms with Gasteiger partial charge in [0.1, 0.15) is 34.1 Å². The van der Waals surface area contributed by atoms with Crippen molar-refractivity contribution in [1.29, 1.82) is 0 Å². The molecule has 0 saturated carbocycles. The second-order valence-corrected chi connectivity index (χ2v) is 17.6. The third-order valence-electron chi connectivity index (χ3n) is 11.8. The van der Waals surface area contributed by atoms with Crippen molar-refractivity contribution in [3.8, 4) is 34.3 Å². The Hall–Kier alpha value is -6.30. The Morgan fingerprint density at radius 1 is 0.452 bits per heavy atom. The van der Waals surface area contributed by atoms with Crippen LogP contribution in [0.15, 0.2) is 77.0 Å². The Labute approximate surface area is 362 Å². The van der Waals surface area contributed by atoms with Gasteiger partial charge in [0.15, 0.2) is 11.6 Å². The molecule has 4 aromatic carbocycles. The van der Waals surface area contributed by atoms with Crippen molar-refractivity contribution in [2.45, 2.75) is 117 Å². The summed E-state index contributed by atoms with van der Waals surface area (Å²) in [5.41, 5.74) is 5.32. The average Bonchev–Trinajstić information content (AvgIpc) is 4.03. The molecule has 12 nitrogen and oxygen atoms in total. The minimum atomic E-state index is -0.0107. The van der Waals surface area contributed by atoms with Gasteiger partial charge in [0.2, 0.25) is 0 Å². The molecule has 5 heterocycles. The highest BCUT2D eigenvalue weighted by molar-refractivity contribution is 6.07. The molecule has 0 atom stereocenters. The maximum Gasteiger partial charge on any atom is 0.274 e. The monoisotopic (exact) mass is 828 g/mol. The van der Waals surface area contributed by atoms with Crippen LogP contribution in [0.1, 0.15) is 117 Å². The van der Waals surface area contributed by atoms with Crippen LogP contribution < -0.4 is 9.47 Å². The van der Waals surface area contributed by atoms with Gasteiger partial charge in [-0.05, 0) is 83.1 Å². The third kappa shape index (κ3) is 8.87. The summed E-state index contributed by atoms with van der Waals surface area (Å²) in [6.07, 6.45) is 14.4. The van der Waals surface area contributed by atoms with E-state index in [4.69, 9.17) is 34.4 Å². The van der Waals surface area contributed by atoms with E-state index >= 15 is 0 Å².